The van der Waals surface area contributed by atoms with Crippen LogP contribution in [0.2, 0.25) is 0 Å². The fourth-order valence-corrected chi connectivity index (χ4v) is 2.10. The summed E-state index contributed by atoms with van der Waals surface area (Å²) in [7, 11) is 0. The predicted octanol–water partition coefficient (Wildman–Crippen LogP) is 2.97. The highest BCUT2D eigenvalue weighted by Gasteiger charge is 2.05. The molecule has 88 valence electrons. The van der Waals surface area contributed by atoms with E-state index in [1.54, 1.807) is 23.5 Å². The van der Waals surface area contributed by atoms with Crippen LogP contribution in [0.15, 0.2) is 29.6 Å². The third-order valence-corrected chi connectivity index (χ3v) is 3.13. The zero-order valence-electron chi connectivity index (χ0n) is 9.21. The Balaban J connectivity index is 2.04. The zero-order chi connectivity index (χ0) is 12.3. The van der Waals surface area contributed by atoms with Gasteiger partial charge in [0.05, 0.1) is 11.5 Å². The first-order valence-electron chi connectivity index (χ1n) is 5.04. The number of hydrogen-bond acceptors (Lipinski definition) is 5. The van der Waals surface area contributed by atoms with Crippen LogP contribution in [0, 0.1) is 17.0 Å². The van der Waals surface area contributed by atoms with Crippen molar-refractivity contribution in [1.29, 1.82) is 0 Å². The normalized spacial score (nSPS) is 10.2. The number of nitro groups is 1. The van der Waals surface area contributed by atoms with Gasteiger partial charge in [0.2, 0.25) is 0 Å². The van der Waals surface area contributed by atoms with Gasteiger partial charge in [-0.25, -0.2) is 4.98 Å². The summed E-state index contributed by atoms with van der Waals surface area (Å²) < 4.78 is 0. The maximum atomic E-state index is 10.6. The molecule has 0 radical (unpaired) electrons. The zero-order valence-corrected chi connectivity index (χ0v) is 10.0. The minimum atomic E-state index is -0.404. The molecule has 1 aromatic heterocycles. The number of benzene rings is 1. The van der Waals surface area contributed by atoms with E-state index >= 15 is 0 Å². The van der Waals surface area contributed by atoms with Crippen LogP contribution < -0.4 is 5.32 Å². The maximum absolute atomic E-state index is 10.6. The van der Waals surface area contributed by atoms with Crippen LogP contribution in [0.1, 0.15) is 10.7 Å². The lowest BCUT2D eigenvalue weighted by Crippen LogP contribution is -1.99. The van der Waals surface area contributed by atoms with Crippen LogP contribution in [-0.4, -0.2) is 9.91 Å². The number of hydrogen-bond donors (Lipinski definition) is 1. The quantitative estimate of drug-likeness (QED) is 0.668. The molecule has 0 aliphatic rings. The third-order valence-electron chi connectivity index (χ3n) is 2.17. The van der Waals surface area contributed by atoms with Gasteiger partial charge in [0.25, 0.3) is 5.69 Å². The number of nitrogens with one attached hydrogen (secondary N) is 1. The minimum absolute atomic E-state index is 0.0883. The Morgan fingerprint density at radius 3 is 3.00 bits per heavy atom. The Hall–Kier alpha value is -1.95. The van der Waals surface area contributed by atoms with E-state index in [4.69, 9.17) is 0 Å². The molecule has 5 nitrogen and oxygen atoms in total. The van der Waals surface area contributed by atoms with E-state index in [9.17, 15) is 10.1 Å². The fourth-order valence-electron chi connectivity index (χ4n) is 1.39. The molecule has 0 saturated carbocycles. The largest absolute Gasteiger partial charge is 0.378 e. The van der Waals surface area contributed by atoms with Crippen molar-refractivity contribution in [2.24, 2.45) is 0 Å². The van der Waals surface area contributed by atoms with Crippen molar-refractivity contribution in [1.82, 2.24) is 4.98 Å². The summed E-state index contributed by atoms with van der Waals surface area (Å²) >= 11 is 1.57. The number of non-ortho nitro benzene ring substituents is 1. The molecule has 0 saturated heterocycles. The first-order valence-corrected chi connectivity index (χ1v) is 5.92. The average Bonchev–Trinajstić information content (AvgIpc) is 2.73. The Labute approximate surface area is 102 Å². The number of nitrogens with zero attached hydrogens (tertiary/aromatic N) is 2. The number of rotatable bonds is 4. The van der Waals surface area contributed by atoms with E-state index < -0.39 is 4.92 Å². The highest BCUT2D eigenvalue weighted by molar-refractivity contribution is 7.09. The lowest BCUT2D eigenvalue weighted by atomic mass is 10.3. The Morgan fingerprint density at radius 2 is 2.35 bits per heavy atom. The van der Waals surface area contributed by atoms with E-state index in [2.05, 4.69) is 10.3 Å². The SMILES string of the molecule is Cc1csc(CNc2cccc([N+](=O)[O-])c2)n1. The van der Waals surface area contributed by atoms with Crippen molar-refractivity contribution >= 4 is 22.7 Å². The second kappa shape index (κ2) is 4.92. The highest BCUT2D eigenvalue weighted by atomic mass is 32.1. The second-order valence-corrected chi connectivity index (χ2v) is 4.49. The van der Waals surface area contributed by atoms with Gasteiger partial charge in [0.15, 0.2) is 0 Å². The van der Waals surface area contributed by atoms with Crippen LogP contribution >= 0.6 is 11.3 Å². The van der Waals surface area contributed by atoms with Crippen molar-refractivity contribution in [3.05, 3.63) is 50.5 Å². The fraction of sp³-hybridized carbons (Fsp3) is 0.182. The number of anilines is 1. The molecule has 0 bridgehead atoms. The molecule has 2 aromatic rings. The van der Waals surface area contributed by atoms with Gasteiger partial charge in [0.1, 0.15) is 5.01 Å². The van der Waals surface area contributed by atoms with E-state index in [1.807, 2.05) is 12.3 Å². The van der Waals surface area contributed by atoms with E-state index in [0.717, 1.165) is 16.4 Å². The molecular formula is C11H11N3O2S. The lowest BCUT2D eigenvalue weighted by Gasteiger charge is -2.03. The molecule has 1 N–H and O–H groups in total. The molecule has 0 atom stereocenters. The predicted molar refractivity (Wildman–Crippen MR) is 67.3 cm³/mol. The monoisotopic (exact) mass is 249 g/mol. The van der Waals surface area contributed by atoms with E-state index in [1.165, 1.54) is 12.1 Å². The molecule has 0 aliphatic heterocycles. The molecule has 0 unspecified atom stereocenters. The van der Waals surface area contributed by atoms with Crippen LogP contribution in [-0.2, 0) is 6.54 Å². The Bertz CT molecular complexity index is 539. The van der Waals surface area contributed by atoms with Gasteiger partial charge in [-0.2, -0.15) is 0 Å². The Kier molecular flexibility index (Phi) is 3.34. The van der Waals surface area contributed by atoms with Crippen molar-refractivity contribution in [3.63, 3.8) is 0 Å². The molecule has 1 heterocycles. The van der Waals surface area contributed by atoms with Gasteiger partial charge in [-0.1, -0.05) is 6.07 Å². The molecule has 2 rings (SSSR count). The molecule has 0 fully saturated rings. The second-order valence-electron chi connectivity index (χ2n) is 3.54. The van der Waals surface area contributed by atoms with Gasteiger partial charge < -0.3 is 5.32 Å². The summed E-state index contributed by atoms with van der Waals surface area (Å²) in [5, 5.41) is 16.7. The topological polar surface area (TPSA) is 68.1 Å². The number of aryl methyl sites for hydroxylation is 1. The molecule has 0 aliphatic carbocycles. The molecular weight excluding hydrogens is 238 g/mol. The first kappa shape index (κ1) is 11.5. The Morgan fingerprint density at radius 1 is 1.53 bits per heavy atom. The van der Waals surface area contributed by atoms with E-state index in [-0.39, 0.29) is 5.69 Å². The van der Waals surface area contributed by atoms with E-state index in [0.29, 0.717) is 6.54 Å². The first-order chi connectivity index (χ1) is 8.15. The molecule has 17 heavy (non-hydrogen) atoms. The van der Waals surface area contributed by atoms with Crippen molar-refractivity contribution in [2.45, 2.75) is 13.5 Å². The number of nitro benzene ring substituents is 1. The summed E-state index contributed by atoms with van der Waals surface area (Å²) in [6, 6.07) is 6.44. The van der Waals surface area contributed by atoms with Crippen molar-refractivity contribution in [2.75, 3.05) is 5.32 Å². The standard InChI is InChI=1S/C11H11N3O2S/c1-8-7-17-11(13-8)6-12-9-3-2-4-10(5-9)14(15)16/h2-5,7,12H,6H2,1H3. The maximum Gasteiger partial charge on any atom is 0.271 e. The molecule has 0 amide bonds. The lowest BCUT2D eigenvalue weighted by molar-refractivity contribution is -0.384. The van der Waals surface area contributed by atoms with Crippen LogP contribution in [0.25, 0.3) is 0 Å². The van der Waals surface area contributed by atoms with Crippen LogP contribution in [0.5, 0.6) is 0 Å². The highest BCUT2D eigenvalue weighted by Crippen LogP contribution is 2.18. The van der Waals surface area contributed by atoms with Crippen LogP contribution in [0.4, 0.5) is 11.4 Å². The number of thiazole rings is 1. The van der Waals surface area contributed by atoms with Crippen molar-refractivity contribution < 1.29 is 4.92 Å². The minimum Gasteiger partial charge on any atom is -0.378 e. The van der Waals surface area contributed by atoms with Crippen molar-refractivity contribution in [3.8, 4) is 0 Å². The third kappa shape index (κ3) is 3.01. The van der Waals surface area contributed by atoms with Gasteiger partial charge >= 0.3 is 0 Å². The summed E-state index contributed by atoms with van der Waals surface area (Å²) in [5.41, 5.74) is 1.81. The van der Waals surface area contributed by atoms with Gasteiger partial charge in [0, 0.05) is 28.9 Å². The van der Waals surface area contributed by atoms with Crippen LogP contribution in [0.3, 0.4) is 0 Å². The molecule has 0 spiro atoms. The smallest absolute Gasteiger partial charge is 0.271 e. The number of aromatic nitrogens is 1. The average molecular weight is 249 g/mol. The summed E-state index contributed by atoms with van der Waals surface area (Å²) in [6.07, 6.45) is 0. The van der Waals surface area contributed by atoms with Gasteiger partial charge in [-0.15, -0.1) is 11.3 Å². The molecule has 1 aromatic carbocycles. The summed E-state index contributed by atoms with van der Waals surface area (Å²) in [5.74, 6) is 0. The van der Waals surface area contributed by atoms with Gasteiger partial charge in [-0.05, 0) is 13.0 Å². The summed E-state index contributed by atoms with van der Waals surface area (Å²) in [6.45, 7) is 2.52. The molecule has 6 heteroatoms. The van der Waals surface area contributed by atoms with Gasteiger partial charge in [-0.3, -0.25) is 10.1 Å². The summed E-state index contributed by atoms with van der Waals surface area (Å²) in [4.78, 5) is 14.5.